The van der Waals surface area contributed by atoms with E-state index < -0.39 is 11.4 Å². The first-order valence-electron chi connectivity index (χ1n) is 7.67. The molecule has 4 N–H and O–H groups in total. The average Bonchev–Trinajstić information content (AvgIpc) is 2.55. The Bertz CT molecular complexity index is 852. The average molecular weight is 359 g/mol. The fraction of sp³-hybridized carbons (Fsp3) is 0.167. The van der Waals surface area contributed by atoms with Gasteiger partial charge in [0.1, 0.15) is 22.9 Å². The molecular formula is C18H18FN3O2S. The van der Waals surface area contributed by atoms with Crippen LogP contribution in [0.15, 0.2) is 48.5 Å². The molecule has 0 saturated heterocycles. The summed E-state index contributed by atoms with van der Waals surface area (Å²) in [7, 11) is 0. The number of aromatic hydroxyl groups is 1. The summed E-state index contributed by atoms with van der Waals surface area (Å²) < 4.78 is 19.5. The predicted molar refractivity (Wildman–Crippen MR) is 99.7 cm³/mol. The van der Waals surface area contributed by atoms with Gasteiger partial charge in [0.05, 0.1) is 11.4 Å². The van der Waals surface area contributed by atoms with Crippen molar-refractivity contribution in [3.05, 3.63) is 59.9 Å². The van der Waals surface area contributed by atoms with Crippen LogP contribution in [0.2, 0.25) is 0 Å². The van der Waals surface area contributed by atoms with Gasteiger partial charge in [-0.05, 0) is 62.5 Å². The van der Waals surface area contributed by atoms with E-state index in [-0.39, 0.29) is 16.5 Å². The summed E-state index contributed by atoms with van der Waals surface area (Å²) in [6.45, 7) is 3.83. The van der Waals surface area contributed by atoms with Crippen LogP contribution in [-0.4, -0.2) is 15.8 Å². The Morgan fingerprint density at radius 2 is 1.96 bits per heavy atom. The molecule has 130 valence electrons. The number of benzene rings is 2. The molecule has 2 aromatic rings. The molecule has 1 heterocycles. The summed E-state index contributed by atoms with van der Waals surface area (Å²) in [5.74, 6) is 0.373. The third-order valence-corrected chi connectivity index (χ3v) is 3.76. The summed E-state index contributed by atoms with van der Waals surface area (Å²) >= 11 is 5.19. The summed E-state index contributed by atoms with van der Waals surface area (Å²) in [5.41, 5.74) is 6.95. The molecule has 2 aromatic carbocycles. The zero-order valence-electron chi connectivity index (χ0n) is 13.8. The third kappa shape index (κ3) is 4.00. The van der Waals surface area contributed by atoms with E-state index in [1.807, 2.05) is 19.9 Å². The third-order valence-electron chi connectivity index (χ3n) is 3.55. The lowest BCUT2D eigenvalue weighted by molar-refractivity contribution is 0.157. The quantitative estimate of drug-likeness (QED) is 0.497. The van der Waals surface area contributed by atoms with E-state index in [2.05, 4.69) is 16.2 Å². The number of anilines is 1. The second kappa shape index (κ2) is 6.60. The largest absolute Gasteiger partial charge is 0.508 e. The standard InChI is InChI=1S/C18H18FN3O2S/c1-18(2)10-15(12-9-11(23)7-8-16(12)24-18)21-22-17(25)20-14-6-4-3-5-13(14)19/h3-10,21,23H,1-2H3,(H2,20,22,25). The van der Waals surface area contributed by atoms with Gasteiger partial charge in [0.15, 0.2) is 5.11 Å². The Morgan fingerprint density at radius 1 is 1.20 bits per heavy atom. The number of halogens is 1. The molecule has 0 amide bonds. The molecule has 0 unspecified atom stereocenters. The minimum atomic E-state index is -0.533. The van der Waals surface area contributed by atoms with Gasteiger partial charge in [0.25, 0.3) is 0 Å². The highest BCUT2D eigenvalue weighted by Crippen LogP contribution is 2.36. The smallest absolute Gasteiger partial charge is 0.189 e. The number of hydrogen-bond donors (Lipinski definition) is 4. The lowest BCUT2D eigenvalue weighted by Gasteiger charge is -2.31. The van der Waals surface area contributed by atoms with E-state index in [9.17, 15) is 9.50 Å². The van der Waals surface area contributed by atoms with E-state index in [1.54, 1.807) is 36.4 Å². The van der Waals surface area contributed by atoms with E-state index in [4.69, 9.17) is 17.0 Å². The second-order valence-corrected chi connectivity index (χ2v) is 6.54. The van der Waals surface area contributed by atoms with Gasteiger partial charge >= 0.3 is 0 Å². The number of rotatable bonds is 3. The summed E-state index contributed by atoms with van der Waals surface area (Å²) in [4.78, 5) is 0. The molecule has 0 atom stereocenters. The van der Waals surface area contributed by atoms with Gasteiger partial charge < -0.3 is 15.2 Å². The maximum atomic E-state index is 13.7. The topological polar surface area (TPSA) is 65.5 Å². The highest BCUT2D eigenvalue weighted by molar-refractivity contribution is 7.80. The van der Waals surface area contributed by atoms with Crippen LogP contribution >= 0.6 is 12.2 Å². The van der Waals surface area contributed by atoms with E-state index in [0.717, 1.165) is 0 Å². The predicted octanol–water partition coefficient (Wildman–Crippen LogP) is 3.53. The van der Waals surface area contributed by atoms with Crippen molar-refractivity contribution < 1.29 is 14.2 Å². The van der Waals surface area contributed by atoms with E-state index in [1.165, 1.54) is 6.07 Å². The molecule has 5 nitrogen and oxygen atoms in total. The highest BCUT2D eigenvalue weighted by Gasteiger charge is 2.27. The van der Waals surface area contributed by atoms with Crippen LogP contribution in [0.1, 0.15) is 19.4 Å². The molecule has 0 saturated carbocycles. The molecule has 1 aliphatic heterocycles. The maximum Gasteiger partial charge on any atom is 0.189 e. The molecule has 0 fully saturated rings. The van der Waals surface area contributed by atoms with Crippen molar-refractivity contribution in [2.24, 2.45) is 0 Å². The number of phenolic OH excluding ortho intramolecular Hbond substituents is 1. The van der Waals surface area contributed by atoms with Crippen molar-refractivity contribution in [2.75, 3.05) is 5.32 Å². The van der Waals surface area contributed by atoms with Gasteiger partial charge in [-0.15, -0.1) is 0 Å². The van der Waals surface area contributed by atoms with Gasteiger partial charge in [-0.25, -0.2) is 4.39 Å². The summed E-state index contributed by atoms with van der Waals surface area (Å²) in [6, 6.07) is 11.1. The first-order valence-corrected chi connectivity index (χ1v) is 8.08. The molecule has 3 rings (SSSR count). The van der Waals surface area contributed by atoms with Crippen molar-refractivity contribution >= 4 is 28.7 Å². The molecule has 0 spiro atoms. The zero-order chi connectivity index (χ0) is 18.0. The minimum Gasteiger partial charge on any atom is -0.508 e. The van der Waals surface area contributed by atoms with Crippen LogP contribution in [0.5, 0.6) is 11.5 Å². The maximum absolute atomic E-state index is 13.7. The van der Waals surface area contributed by atoms with E-state index >= 15 is 0 Å². The number of ether oxygens (including phenoxy) is 1. The van der Waals surface area contributed by atoms with Crippen molar-refractivity contribution in [3.63, 3.8) is 0 Å². The minimum absolute atomic E-state index is 0.127. The van der Waals surface area contributed by atoms with Crippen LogP contribution < -0.4 is 20.9 Å². The number of hydrogen-bond acceptors (Lipinski definition) is 4. The Morgan fingerprint density at radius 3 is 2.72 bits per heavy atom. The molecule has 0 aromatic heterocycles. The zero-order valence-corrected chi connectivity index (χ0v) is 14.6. The number of hydrazine groups is 1. The van der Waals surface area contributed by atoms with Crippen LogP contribution in [0.4, 0.5) is 10.1 Å². The Hall–Kier alpha value is -2.80. The number of fused-ring (bicyclic) bond motifs is 1. The highest BCUT2D eigenvalue weighted by atomic mass is 32.1. The Balaban J connectivity index is 1.74. The SMILES string of the molecule is CC1(C)C=C(NNC(=S)Nc2ccccc2F)c2cc(O)ccc2O1. The number of para-hydroxylation sites is 1. The molecule has 7 heteroatoms. The normalized spacial score (nSPS) is 14.6. The molecule has 0 radical (unpaired) electrons. The number of nitrogens with one attached hydrogen (secondary N) is 3. The van der Waals surface area contributed by atoms with Gasteiger partial charge in [0, 0.05) is 5.56 Å². The Kier molecular flexibility index (Phi) is 4.50. The van der Waals surface area contributed by atoms with Crippen LogP contribution in [-0.2, 0) is 0 Å². The molecule has 0 aliphatic carbocycles. The van der Waals surface area contributed by atoms with Crippen LogP contribution in [0, 0.1) is 5.82 Å². The van der Waals surface area contributed by atoms with Crippen molar-refractivity contribution in [1.82, 2.24) is 10.9 Å². The van der Waals surface area contributed by atoms with Gasteiger partial charge in [-0.1, -0.05) is 12.1 Å². The van der Waals surface area contributed by atoms with Crippen LogP contribution in [0.3, 0.4) is 0 Å². The molecular weight excluding hydrogens is 341 g/mol. The summed E-state index contributed by atoms with van der Waals surface area (Å²) in [5, 5.41) is 12.7. The fourth-order valence-electron chi connectivity index (χ4n) is 2.50. The van der Waals surface area contributed by atoms with Gasteiger partial charge in [0.2, 0.25) is 0 Å². The van der Waals surface area contributed by atoms with Gasteiger partial charge in [-0.3, -0.25) is 10.9 Å². The molecule has 1 aliphatic rings. The first-order chi connectivity index (χ1) is 11.8. The van der Waals surface area contributed by atoms with Crippen molar-refractivity contribution in [3.8, 4) is 11.5 Å². The lowest BCUT2D eigenvalue weighted by Crippen LogP contribution is -2.41. The lowest BCUT2D eigenvalue weighted by atomic mass is 9.99. The first kappa shape index (κ1) is 17.0. The monoisotopic (exact) mass is 359 g/mol. The van der Waals surface area contributed by atoms with Crippen molar-refractivity contribution in [1.29, 1.82) is 0 Å². The van der Waals surface area contributed by atoms with E-state index in [0.29, 0.717) is 17.0 Å². The number of phenols is 1. The second-order valence-electron chi connectivity index (χ2n) is 6.13. The van der Waals surface area contributed by atoms with Gasteiger partial charge in [-0.2, -0.15) is 0 Å². The fourth-order valence-corrected chi connectivity index (χ4v) is 2.66. The number of thiocarbonyl (C=S) groups is 1. The molecule has 0 bridgehead atoms. The Labute approximate surface area is 150 Å². The molecule has 25 heavy (non-hydrogen) atoms. The summed E-state index contributed by atoms with van der Waals surface area (Å²) in [6.07, 6.45) is 1.87. The van der Waals surface area contributed by atoms with Crippen molar-refractivity contribution in [2.45, 2.75) is 19.4 Å². The van der Waals surface area contributed by atoms with Crippen LogP contribution in [0.25, 0.3) is 5.70 Å².